The lowest BCUT2D eigenvalue weighted by atomic mass is 10.2. The summed E-state index contributed by atoms with van der Waals surface area (Å²) >= 11 is 0. The molecule has 1 aromatic heterocycles. The molecule has 0 unspecified atom stereocenters. The first kappa shape index (κ1) is 12.3. The predicted octanol–water partition coefficient (Wildman–Crippen LogP) is 1.63. The smallest absolute Gasteiger partial charge is 0.342 e. The molecule has 4 nitrogen and oxygen atoms in total. The van der Waals surface area contributed by atoms with E-state index in [1.165, 1.54) is 11.9 Å². The molecule has 0 radical (unpaired) electrons. The number of pyridine rings is 1. The maximum Gasteiger partial charge on any atom is 0.342 e. The van der Waals surface area contributed by atoms with Crippen LogP contribution in [0.15, 0.2) is 10.9 Å². The van der Waals surface area contributed by atoms with E-state index in [2.05, 4.69) is 4.74 Å². The molecule has 16 heavy (non-hydrogen) atoms. The summed E-state index contributed by atoms with van der Waals surface area (Å²) in [5.41, 5.74) is -2.94. The minimum absolute atomic E-state index is 0.0264. The molecule has 0 amide bonds. The van der Waals surface area contributed by atoms with Gasteiger partial charge in [0.25, 0.3) is 12.0 Å². The van der Waals surface area contributed by atoms with E-state index in [0.29, 0.717) is 6.07 Å². The Kier molecular flexibility index (Phi) is 3.70. The molecule has 0 saturated heterocycles. The largest absolute Gasteiger partial charge is 0.462 e. The third kappa shape index (κ3) is 2.41. The van der Waals surface area contributed by atoms with Crippen molar-refractivity contribution in [3.05, 3.63) is 33.5 Å². The Hall–Kier alpha value is -1.79. The number of aromatic nitrogens is 1. The van der Waals surface area contributed by atoms with Crippen LogP contribution < -0.4 is 5.56 Å². The highest BCUT2D eigenvalue weighted by Gasteiger charge is 2.20. The van der Waals surface area contributed by atoms with Gasteiger partial charge < -0.3 is 4.74 Å². The molecule has 0 fully saturated rings. The first-order valence-electron chi connectivity index (χ1n) is 4.35. The van der Waals surface area contributed by atoms with Gasteiger partial charge in [0.1, 0.15) is 5.56 Å². The van der Waals surface area contributed by atoms with Crippen LogP contribution >= 0.6 is 0 Å². The van der Waals surface area contributed by atoms with E-state index >= 15 is 0 Å². The molecular weight excluding hydrogens is 227 g/mol. The van der Waals surface area contributed by atoms with E-state index in [-0.39, 0.29) is 6.61 Å². The van der Waals surface area contributed by atoms with Crippen molar-refractivity contribution in [2.45, 2.75) is 13.3 Å². The van der Waals surface area contributed by atoms with Gasteiger partial charge in [-0.25, -0.2) is 13.6 Å². The second kappa shape index (κ2) is 4.82. The predicted molar refractivity (Wildman–Crippen MR) is 47.9 cm³/mol. The molecule has 0 aliphatic rings. The third-order valence-electron chi connectivity index (χ3n) is 1.75. The van der Waals surface area contributed by atoms with Crippen LogP contribution in [-0.4, -0.2) is 17.6 Å². The van der Waals surface area contributed by atoms with E-state index in [0.717, 1.165) is 0 Å². The number of alkyl halides is 2. The number of aromatic amines is 1. The van der Waals surface area contributed by atoms with Crippen LogP contribution in [0.5, 0.6) is 0 Å². The van der Waals surface area contributed by atoms with Crippen LogP contribution in [0.2, 0.25) is 0 Å². The number of hydrogen-bond acceptors (Lipinski definition) is 3. The van der Waals surface area contributed by atoms with Gasteiger partial charge in [-0.2, -0.15) is 4.39 Å². The van der Waals surface area contributed by atoms with E-state index in [9.17, 15) is 22.8 Å². The highest BCUT2D eigenvalue weighted by molar-refractivity contribution is 5.89. The zero-order valence-corrected chi connectivity index (χ0v) is 8.22. The Morgan fingerprint density at radius 3 is 2.69 bits per heavy atom. The van der Waals surface area contributed by atoms with Gasteiger partial charge in [-0.15, -0.1) is 0 Å². The van der Waals surface area contributed by atoms with Crippen molar-refractivity contribution in [1.29, 1.82) is 0 Å². The van der Waals surface area contributed by atoms with Gasteiger partial charge >= 0.3 is 5.97 Å². The van der Waals surface area contributed by atoms with Gasteiger partial charge in [-0.1, -0.05) is 0 Å². The number of nitrogens with one attached hydrogen (secondary N) is 1. The number of carbonyl (C=O) groups excluding carboxylic acids is 1. The van der Waals surface area contributed by atoms with Gasteiger partial charge in [-0.05, 0) is 13.0 Å². The quantitative estimate of drug-likeness (QED) is 0.639. The summed E-state index contributed by atoms with van der Waals surface area (Å²) in [6, 6.07) is 0.497. The third-order valence-corrected chi connectivity index (χ3v) is 1.75. The molecule has 1 aromatic rings. The molecule has 0 aliphatic heterocycles. The van der Waals surface area contributed by atoms with Crippen LogP contribution in [-0.2, 0) is 4.74 Å². The molecule has 1 N–H and O–H groups in total. The van der Waals surface area contributed by atoms with Crippen LogP contribution in [0, 0.1) is 5.95 Å². The second-order valence-electron chi connectivity index (χ2n) is 2.80. The monoisotopic (exact) mass is 235 g/mol. The van der Waals surface area contributed by atoms with Gasteiger partial charge in [0.05, 0.1) is 12.2 Å². The standard InChI is InChI=1S/C9H8F3NO3/c1-2-16-9(15)5-3-4(6(10)11)8(14)13-7(5)12/h3,6H,2H2,1H3,(H,13,14). The van der Waals surface area contributed by atoms with Crippen LogP contribution in [0.25, 0.3) is 0 Å². The summed E-state index contributed by atoms with van der Waals surface area (Å²) in [7, 11) is 0. The summed E-state index contributed by atoms with van der Waals surface area (Å²) in [6.45, 7) is 1.46. The average molecular weight is 235 g/mol. The molecule has 1 heterocycles. The van der Waals surface area contributed by atoms with Crippen LogP contribution in [0.3, 0.4) is 0 Å². The number of ether oxygens (including phenoxy) is 1. The molecule has 0 spiro atoms. The molecule has 7 heteroatoms. The molecular formula is C9H8F3NO3. The lowest BCUT2D eigenvalue weighted by Crippen LogP contribution is -2.19. The first-order valence-corrected chi connectivity index (χ1v) is 4.35. The number of carbonyl (C=O) groups is 1. The van der Waals surface area contributed by atoms with Crippen molar-refractivity contribution in [3.8, 4) is 0 Å². The molecule has 0 atom stereocenters. The molecule has 0 aliphatic carbocycles. The number of H-pyrrole nitrogens is 1. The summed E-state index contributed by atoms with van der Waals surface area (Å²) in [4.78, 5) is 23.5. The maximum atomic E-state index is 13.1. The summed E-state index contributed by atoms with van der Waals surface area (Å²) in [5.74, 6) is -2.38. The Balaban J connectivity index is 3.25. The molecule has 0 saturated carbocycles. The Morgan fingerprint density at radius 1 is 1.56 bits per heavy atom. The lowest BCUT2D eigenvalue weighted by Gasteiger charge is -2.05. The average Bonchev–Trinajstić information content (AvgIpc) is 2.17. The highest BCUT2D eigenvalue weighted by Crippen LogP contribution is 2.17. The minimum atomic E-state index is -3.09. The summed E-state index contributed by atoms with van der Waals surface area (Å²) in [5, 5.41) is 0. The van der Waals surface area contributed by atoms with Crippen LogP contribution in [0.1, 0.15) is 29.3 Å². The van der Waals surface area contributed by atoms with Gasteiger partial charge in [-0.3, -0.25) is 9.78 Å². The van der Waals surface area contributed by atoms with Gasteiger partial charge in [0.15, 0.2) is 0 Å². The topological polar surface area (TPSA) is 59.2 Å². The number of halogens is 3. The molecule has 1 rings (SSSR count). The fourth-order valence-corrected chi connectivity index (χ4v) is 1.04. The van der Waals surface area contributed by atoms with E-state index in [4.69, 9.17) is 0 Å². The zero-order chi connectivity index (χ0) is 12.3. The van der Waals surface area contributed by atoms with Crippen molar-refractivity contribution in [3.63, 3.8) is 0 Å². The first-order chi connectivity index (χ1) is 7.47. The summed E-state index contributed by atoms with van der Waals surface area (Å²) < 4.78 is 42.1. The van der Waals surface area contributed by atoms with Crippen molar-refractivity contribution < 1.29 is 22.7 Å². The summed E-state index contributed by atoms with van der Waals surface area (Å²) in [6.07, 6.45) is -3.09. The fourth-order valence-electron chi connectivity index (χ4n) is 1.04. The zero-order valence-electron chi connectivity index (χ0n) is 8.22. The van der Waals surface area contributed by atoms with Crippen molar-refractivity contribution in [2.24, 2.45) is 0 Å². The van der Waals surface area contributed by atoms with E-state index < -0.39 is 35.0 Å². The van der Waals surface area contributed by atoms with Crippen LogP contribution in [0.4, 0.5) is 13.2 Å². The van der Waals surface area contributed by atoms with Gasteiger partial charge in [0, 0.05) is 0 Å². The Bertz CT molecular complexity index is 456. The van der Waals surface area contributed by atoms with Gasteiger partial charge in [0.2, 0.25) is 5.95 Å². The lowest BCUT2D eigenvalue weighted by molar-refractivity contribution is 0.0519. The number of hydrogen-bond donors (Lipinski definition) is 1. The highest BCUT2D eigenvalue weighted by atomic mass is 19.3. The SMILES string of the molecule is CCOC(=O)c1cc(C(F)F)c(=O)[nH]c1F. The van der Waals surface area contributed by atoms with Crippen molar-refractivity contribution >= 4 is 5.97 Å². The normalized spacial score (nSPS) is 10.6. The fraction of sp³-hybridized carbons (Fsp3) is 0.333. The maximum absolute atomic E-state index is 13.1. The van der Waals surface area contributed by atoms with E-state index in [1.54, 1.807) is 0 Å². The Morgan fingerprint density at radius 2 is 2.19 bits per heavy atom. The number of esters is 1. The molecule has 0 bridgehead atoms. The molecule has 88 valence electrons. The number of rotatable bonds is 3. The van der Waals surface area contributed by atoms with E-state index in [1.807, 2.05) is 0 Å². The van der Waals surface area contributed by atoms with Crippen molar-refractivity contribution in [1.82, 2.24) is 4.98 Å². The molecule has 0 aromatic carbocycles. The minimum Gasteiger partial charge on any atom is -0.462 e. The second-order valence-corrected chi connectivity index (χ2v) is 2.80. The Labute approximate surface area is 88.0 Å². The van der Waals surface area contributed by atoms with Crippen molar-refractivity contribution in [2.75, 3.05) is 6.61 Å².